The van der Waals surface area contributed by atoms with Crippen molar-refractivity contribution < 1.29 is 0 Å². The monoisotopic (exact) mass is 270 g/mol. The number of anilines is 1. The van der Waals surface area contributed by atoms with Gasteiger partial charge in [-0.3, -0.25) is 5.43 Å². The molecule has 0 aliphatic heterocycles. The largest absolute Gasteiger partial charge is 0.292 e. The summed E-state index contributed by atoms with van der Waals surface area (Å²) in [5.41, 5.74) is 3.31. The van der Waals surface area contributed by atoms with Crippen LogP contribution in [-0.4, -0.2) is 19.9 Å². The Hall–Kier alpha value is -2.25. The van der Waals surface area contributed by atoms with Gasteiger partial charge in [-0.15, -0.1) is 0 Å². The Labute approximate surface area is 113 Å². The fourth-order valence-electron chi connectivity index (χ4n) is 1.63. The van der Waals surface area contributed by atoms with Gasteiger partial charge < -0.3 is 0 Å². The van der Waals surface area contributed by atoms with Crippen molar-refractivity contribution >= 4 is 28.6 Å². The van der Waals surface area contributed by atoms with Gasteiger partial charge in [0.25, 0.3) is 0 Å². The molecule has 0 radical (unpaired) electrons. The number of nitrogens with one attached hydrogen (secondary N) is 1. The molecule has 0 bridgehead atoms. The van der Waals surface area contributed by atoms with E-state index in [1.807, 2.05) is 30.3 Å². The molecule has 0 unspecified atom stereocenters. The summed E-state index contributed by atoms with van der Waals surface area (Å²) in [7, 11) is 0. The molecular formula is C12H10N6S. The van der Waals surface area contributed by atoms with Crippen LogP contribution in [0, 0.1) is 0 Å². The van der Waals surface area contributed by atoms with Gasteiger partial charge in [0.05, 0.1) is 5.52 Å². The van der Waals surface area contributed by atoms with E-state index in [4.69, 9.17) is 5.84 Å². The molecule has 0 spiro atoms. The zero-order chi connectivity index (χ0) is 13.1. The quantitative estimate of drug-likeness (QED) is 0.426. The average molecular weight is 270 g/mol. The van der Waals surface area contributed by atoms with E-state index in [2.05, 4.69) is 25.4 Å². The van der Waals surface area contributed by atoms with Crippen LogP contribution in [0.3, 0.4) is 0 Å². The Morgan fingerprint density at radius 3 is 2.79 bits per heavy atom. The SMILES string of the molecule is NNc1nc(Sc2ccncn2)c2ccccc2n1. The molecular weight excluding hydrogens is 260 g/mol. The molecule has 0 amide bonds. The summed E-state index contributed by atoms with van der Waals surface area (Å²) in [4.78, 5) is 16.7. The molecule has 0 fully saturated rings. The van der Waals surface area contributed by atoms with Crippen molar-refractivity contribution in [2.75, 3.05) is 5.43 Å². The molecule has 1 aromatic carbocycles. The highest BCUT2D eigenvalue weighted by Crippen LogP contribution is 2.30. The number of aromatic nitrogens is 4. The van der Waals surface area contributed by atoms with Gasteiger partial charge in [-0.05, 0) is 23.9 Å². The van der Waals surface area contributed by atoms with Crippen molar-refractivity contribution in [1.82, 2.24) is 19.9 Å². The zero-order valence-electron chi connectivity index (χ0n) is 9.82. The zero-order valence-corrected chi connectivity index (χ0v) is 10.6. The van der Waals surface area contributed by atoms with Crippen LogP contribution in [0.2, 0.25) is 0 Å². The summed E-state index contributed by atoms with van der Waals surface area (Å²) in [6.07, 6.45) is 3.20. The van der Waals surface area contributed by atoms with Crippen LogP contribution in [-0.2, 0) is 0 Å². The Balaban J connectivity index is 2.11. The molecule has 2 aromatic heterocycles. The Morgan fingerprint density at radius 2 is 2.00 bits per heavy atom. The second-order valence-corrected chi connectivity index (χ2v) is 4.67. The number of fused-ring (bicyclic) bond motifs is 1. The smallest absolute Gasteiger partial charge is 0.238 e. The molecule has 3 N–H and O–H groups in total. The van der Waals surface area contributed by atoms with Gasteiger partial charge in [0, 0.05) is 11.6 Å². The highest BCUT2D eigenvalue weighted by Gasteiger charge is 2.08. The van der Waals surface area contributed by atoms with Gasteiger partial charge in [-0.25, -0.2) is 25.8 Å². The molecule has 0 saturated heterocycles. The lowest BCUT2D eigenvalue weighted by molar-refractivity contribution is 1.03. The van der Waals surface area contributed by atoms with Crippen LogP contribution in [0.4, 0.5) is 5.95 Å². The second kappa shape index (κ2) is 5.17. The number of hydrogen-bond donors (Lipinski definition) is 2. The van der Waals surface area contributed by atoms with E-state index < -0.39 is 0 Å². The molecule has 3 aromatic rings. The number of nitrogens with two attached hydrogens (primary N) is 1. The van der Waals surface area contributed by atoms with Crippen molar-refractivity contribution in [2.24, 2.45) is 5.84 Å². The van der Waals surface area contributed by atoms with Crippen LogP contribution in [0.15, 0.2) is 52.9 Å². The second-order valence-electron chi connectivity index (χ2n) is 3.66. The van der Waals surface area contributed by atoms with Crippen molar-refractivity contribution in [3.8, 4) is 0 Å². The highest BCUT2D eigenvalue weighted by atomic mass is 32.2. The fraction of sp³-hybridized carbons (Fsp3) is 0. The van der Waals surface area contributed by atoms with Gasteiger partial charge in [-0.1, -0.05) is 18.2 Å². The molecule has 2 heterocycles. The van der Waals surface area contributed by atoms with E-state index in [1.54, 1.807) is 6.20 Å². The van der Waals surface area contributed by atoms with Gasteiger partial charge in [0.15, 0.2) is 0 Å². The predicted molar refractivity (Wildman–Crippen MR) is 73.5 cm³/mol. The van der Waals surface area contributed by atoms with Crippen LogP contribution in [0.1, 0.15) is 0 Å². The molecule has 94 valence electrons. The summed E-state index contributed by atoms with van der Waals surface area (Å²) in [5.74, 6) is 5.78. The molecule has 0 aliphatic rings. The maximum absolute atomic E-state index is 5.39. The third-order valence-corrected chi connectivity index (χ3v) is 3.41. The predicted octanol–water partition coefficient (Wildman–Crippen LogP) is 1.86. The van der Waals surface area contributed by atoms with Crippen LogP contribution in [0.25, 0.3) is 10.9 Å². The maximum atomic E-state index is 5.39. The van der Waals surface area contributed by atoms with E-state index in [9.17, 15) is 0 Å². The van der Waals surface area contributed by atoms with Crippen molar-refractivity contribution in [3.05, 3.63) is 42.9 Å². The lowest BCUT2D eigenvalue weighted by Crippen LogP contribution is -2.10. The fourth-order valence-corrected chi connectivity index (χ4v) is 2.47. The van der Waals surface area contributed by atoms with Gasteiger partial charge in [0.1, 0.15) is 16.4 Å². The Kier molecular flexibility index (Phi) is 3.21. The third kappa shape index (κ3) is 2.47. The van der Waals surface area contributed by atoms with Crippen LogP contribution < -0.4 is 11.3 Å². The van der Waals surface area contributed by atoms with E-state index in [-0.39, 0.29) is 0 Å². The highest BCUT2D eigenvalue weighted by molar-refractivity contribution is 7.99. The summed E-state index contributed by atoms with van der Waals surface area (Å²) >= 11 is 1.45. The standard InChI is InChI=1S/C12H10N6S/c13-18-12-16-9-4-2-1-3-8(9)11(17-12)19-10-5-6-14-7-15-10/h1-7H,13H2,(H,16,17,18). The first-order valence-corrected chi connectivity index (χ1v) is 6.36. The first-order valence-electron chi connectivity index (χ1n) is 5.54. The summed E-state index contributed by atoms with van der Waals surface area (Å²) in [6, 6.07) is 9.60. The molecule has 0 aliphatic carbocycles. The number of benzene rings is 1. The first-order chi connectivity index (χ1) is 9.36. The summed E-state index contributed by atoms with van der Waals surface area (Å²) in [6.45, 7) is 0. The molecule has 6 nitrogen and oxygen atoms in total. The van der Waals surface area contributed by atoms with Gasteiger partial charge >= 0.3 is 0 Å². The number of nitrogens with zero attached hydrogens (tertiary/aromatic N) is 4. The lowest BCUT2D eigenvalue weighted by atomic mass is 10.2. The summed E-state index contributed by atoms with van der Waals surface area (Å²) in [5, 5.41) is 2.59. The van der Waals surface area contributed by atoms with Crippen LogP contribution in [0.5, 0.6) is 0 Å². The Bertz CT molecular complexity index is 703. The number of para-hydroxylation sites is 1. The molecule has 7 heteroatoms. The average Bonchev–Trinajstić information content (AvgIpc) is 2.48. The molecule has 3 rings (SSSR count). The number of hydrazine groups is 1. The van der Waals surface area contributed by atoms with Crippen molar-refractivity contribution in [1.29, 1.82) is 0 Å². The Morgan fingerprint density at radius 1 is 1.11 bits per heavy atom. The topological polar surface area (TPSA) is 89.6 Å². The molecule has 19 heavy (non-hydrogen) atoms. The minimum Gasteiger partial charge on any atom is -0.292 e. The van der Waals surface area contributed by atoms with Gasteiger partial charge in [-0.2, -0.15) is 0 Å². The number of rotatable bonds is 3. The number of nitrogen functional groups attached to an aromatic ring is 1. The third-order valence-electron chi connectivity index (χ3n) is 2.45. The minimum atomic E-state index is 0.384. The van der Waals surface area contributed by atoms with Crippen molar-refractivity contribution in [3.63, 3.8) is 0 Å². The van der Waals surface area contributed by atoms with E-state index in [0.717, 1.165) is 21.0 Å². The number of hydrogen-bond acceptors (Lipinski definition) is 7. The van der Waals surface area contributed by atoms with E-state index >= 15 is 0 Å². The molecule has 0 saturated carbocycles. The lowest BCUT2D eigenvalue weighted by Gasteiger charge is -2.06. The van der Waals surface area contributed by atoms with Crippen molar-refractivity contribution in [2.45, 2.75) is 10.1 Å². The van der Waals surface area contributed by atoms with Gasteiger partial charge in [0.2, 0.25) is 5.95 Å². The van der Waals surface area contributed by atoms with E-state index in [0.29, 0.717) is 5.95 Å². The van der Waals surface area contributed by atoms with E-state index in [1.165, 1.54) is 18.1 Å². The minimum absolute atomic E-state index is 0.384. The maximum Gasteiger partial charge on any atom is 0.238 e. The summed E-state index contributed by atoms with van der Waals surface area (Å²) < 4.78 is 0. The first kappa shape index (κ1) is 11.8. The van der Waals surface area contributed by atoms with Crippen LogP contribution >= 0.6 is 11.8 Å². The molecule has 0 atom stereocenters. The normalized spacial score (nSPS) is 10.6.